The fourth-order valence-corrected chi connectivity index (χ4v) is 14.6. The van der Waals surface area contributed by atoms with Gasteiger partial charge in [-0.3, -0.25) is 0 Å². The van der Waals surface area contributed by atoms with E-state index in [9.17, 15) is 0 Å². The molecule has 1 spiro atoms. The normalized spacial score (nSPS) is 13.6. The van der Waals surface area contributed by atoms with Gasteiger partial charge in [0.05, 0.1) is 5.41 Å². The summed E-state index contributed by atoms with van der Waals surface area (Å²) in [6.45, 7) is 4.31. The van der Waals surface area contributed by atoms with Crippen LogP contribution in [0, 0.1) is 13.8 Å². The van der Waals surface area contributed by atoms with Crippen LogP contribution in [-0.4, -0.2) is 0 Å². The zero-order chi connectivity index (χ0) is 37.4. The van der Waals surface area contributed by atoms with Crippen LogP contribution in [0.4, 0.5) is 0 Å². The molecule has 0 N–H and O–H groups in total. The second kappa shape index (κ2) is 12.6. The highest BCUT2D eigenvalue weighted by Crippen LogP contribution is 2.64. The largest absolute Gasteiger partial charge is 0.309 e. The molecule has 55 heavy (non-hydrogen) atoms. The summed E-state index contributed by atoms with van der Waals surface area (Å²) >= 11 is 0. The Morgan fingerprint density at radius 3 is 0.891 bits per heavy atom. The lowest BCUT2D eigenvalue weighted by atomic mass is 9.70. The maximum absolute atomic E-state index is 16.0. The molecular formula is C51H38O2P2. The molecule has 264 valence electrons. The van der Waals surface area contributed by atoms with Gasteiger partial charge in [0.15, 0.2) is 14.3 Å². The summed E-state index contributed by atoms with van der Waals surface area (Å²) in [7, 11) is -6.62. The van der Waals surface area contributed by atoms with E-state index in [2.05, 4.69) is 86.6 Å². The molecule has 0 aliphatic heterocycles. The van der Waals surface area contributed by atoms with Crippen molar-refractivity contribution in [1.82, 2.24) is 0 Å². The van der Waals surface area contributed by atoms with Crippen LogP contribution in [0.2, 0.25) is 0 Å². The monoisotopic (exact) mass is 744 g/mol. The van der Waals surface area contributed by atoms with E-state index in [0.717, 1.165) is 54.1 Å². The van der Waals surface area contributed by atoms with E-state index in [1.165, 1.54) is 33.4 Å². The van der Waals surface area contributed by atoms with Gasteiger partial charge in [-0.05, 0) is 70.5 Å². The third-order valence-electron chi connectivity index (χ3n) is 11.8. The van der Waals surface area contributed by atoms with E-state index < -0.39 is 19.7 Å². The Balaban J connectivity index is 1.32. The quantitative estimate of drug-likeness (QED) is 0.159. The SMILES string of the molecule is Cc1ccc2c(c1)C1(c3cc(C)ccc3-c3ccc(P(=O)(c4ccccc4)c4ccccc4)cc31)c1cc(P(=O)(c3ccccc3)c3ccccc3)ccc1-2. The number of aryl methyl sites for hydroxylation is 2. The van der Waals surface area contributed by atoms with Gasteiger partial charge >= 0.3 is 0 Å². The van der Waals surface area contributed by atoms with E-state index in [1.54, 1.807) is 0 Å². The molecule has 8 aromatic rings. The average molecular weight is 745 g/mol. The van der Waals surface area contributed by atoms with E-state index in [-0.39, 0.29) is 0 Å². The number of rotatable bonds is 6. The first-order valence-corrected chi connectivity index (χ1v) is 22.2. The highest BCUT2D eigenvalue weighted by molar-refractivity contribution is 7.85. The van der Waals surface area contributed by atoms with Gasteiger partial charge in [-0.2, -0.15) is 0 Å². The van der Waals surface area contributed by atoms with Crippen molar-refractivity contribution in [3.63, 3.8) is 0 Å². The first-order valence-electron chi connectivity index (χ1n) is 18.8. The predicted molar refractivity (Wildman–Crippen MR) is 231 cm³/mol. The lowest BCUT2D eigenvalue weighted by molar-refractivity contribution is 0.591. The molecule has 2 aliphatic rings. The lowest BCUT2D eigenvalue weighted by Crippen LogP contribution is -2.31. The highest BCUT2D eigenvalue weighted by Gasteiger charge is 2.53. The molecule has 0 radical (unpaired) electrons. The summed E-state index contributed by atoms with van der Waals surface area (Å²) in [5.74, 6) is 0. The highest BCUT2D eigenvalue weighted by atomic mass is 31.2. The van der Waals surface area contributed by atoms with Crippen LogP contribution in [0.25, 0.3) is 22.3 Å². The zero-order valence-electron chi connectivity index (χ0n) is 30.7. The Labute approximate surface area is 322 Å². The van der Waals surface area contributed by atoms with Crippen molar-refractivity contribution in [2.45, 2.75) is 19.3 Å². The van der Waals surface area contributed by atoms with Crippen molar-refractivity contribution >= 4 is 46.1 Å². The molecule has 10 rings (SSSR count). The van der Waals surface area contributed by atoms with Crippen LogP contribution in [0.15, 0.2) is 194 Å². The summed E-state index contributed by atoms with van der Waals surface area (Å²) in [6, 6.07) is 66.3. The molecular weight excluding hydrogens is 707 g/mol. The van der Waals surface area contributed by atoms with Crippen molar-refractivity contribution < 1.29 is 9.13 Å². The molecule has 2 aliphatic carbocycles. The molecule has 0 amide bonds. The fourth-order valence-electron chi connectivity index (χ4n) is 9.27. The average Bonchev–Trinajstić information content (AvgIpc) is 3.69. The minimum absolute atomic E-state index is 0.740. The van der Waals surface area contributed by atoms with Gasteiger partial charge < -0.3 is 9.13 Å². The minimum atomic E-state index is -3.31. The zero-order valence-corrected chi connectivity index (χ0v) is 32.5. The Morgan fingerprint density at radius 1 is 0.309 bits per heavy atom. The lowest BCUT2D eigenvalue weighted by Gasteiger charge is -2.32. The van der Waals surface area contributed by atoms with Crippen LogP contribution < -0.4 is 31.8 Å². The second-order valence-corrected chi connectivity index (χ2v) is 20.4. The summed E-state index contributed by atoms with van der Waals surface area (Å²) in [5, 5.41) is 4.81. The maximum Gasteiger partial charge on any atom is 0.171 e. The van der Waals surface area contributed by atoms with Gasteiger partial charge in [-0.25, -0.2) is 0 Å². The van der Waals surface area contributed by atoms with E-state index in [0.29, 0.717) is 0 Å². The first kappa shape index (κ1) is 33.8. The Kier molecular flexibility index (Phi) is 7.76. The molecule has 2 nitrogen and oxygen atoms in total. The number of hydrogen-bond donors (Lipinski definition) is 0. The standard InChI is InChI=1S/C51H38O2P2/c1-35-23-27-43-45-29-25-41(54(52,37-15-7-3-8-16-37)38-17-9-4-10-18-38)33-49(45)51(47(43)31-35)48-32-36(2)24-28-44(48)46-30-26-42(34-50(46)51)55(53,39-19-11-5-12-20-39)40-21-13-6-14-22-40/h3-34H,1-2H3. The predicted octanol–water partition coefficient (Wildman–Crippen LogP) is 9.93. The maximum atomic E-state index is 16.0. The molecule has 0 fully saturated rings. The Morgan fingerprint density at radius 2 is 0.582 bits per heavy atom. The van der Waals surface area contributed by atoms with Gasteiger partial charge in [0.1, 0.15) is 0 Å². The molecule has 4 heteroatoms. The topological polar surface area (TPSA) is 34.1 Å². The molecule has 0 aromatic heterocycles. The van der Waals surface area contributed by atoms with Crippen LogP contribution >= 0.6 is 14.3 Å². The number of benzene rings is 8. The minimum Gasteiger partial charge on any atom is -0.309 e. The molecule has 0 atom stereocenters. The van der Waals surface area contributed by atoms with Crippen LogP contribution in [0.5, 0.6) is 0 Å². The molecule has 0 bridgehead atoms. The Hall–Kier alpha value is -5.78. The molecule has 0 saturated carbocycles. The van der Waals surface area contributed by atoms with Gasteiger partial charge in [-0.1, -0.05) is 193 Å². The van der Waals surface area contributed by atoms with E-state index >= 15 is 9.13 Å². The van der Waals surface area contributed by atoms with Crippen molar-refractivity contribution in [3.05, 3.63) is 228 Å². The van der Waals surface area contributed by atoms with E-state index in [4.69, 9.17) is 0 Å². The van der Waals surface area contributed by atoms with Gasteiger partial charge in [0.25, 0.3) is 0 Å². The van der Waals surface area contributed by atoms with Crippen molar-refractivity contribution in [2.24, 2.45) is 0 Å². The summed E-state index contributed by atoms with van der Waals surface area (Å²) in [5.41, 5.74) is 10.8. The second-order valence-electron chi connectivity index (χ2n) is 14.9. The van der Waals surface area contributed by atoms with Gasteiger partial charge in [-0.15, -0.1) is 0 Å². The first-order chi connectivity index (χ1) is 26.8. The summed E-state index contributed by atoms with van der Waals surface area (Å²) in [6.07, 6.45) is 0. The Bertz CT molecular complexity index is 2600. The van der Waals surface area contributed by atoms with Crippen LogP contribution in [0.1, 0.15) is 33.4 Å². The van der Waals surface area contributed by atoms with Crippen LogP contribution in [0.3, 0.4) is 0 Å². The van der Waals surface area contributed by atoms with Crippen molar-refractivity contribution in [3.8, 4) is 22.3 Å². The number of hydrogen-bond acceptors (Lipinski definition) is 2. The van der Waals surface area contributed by atoms with Crippen molar-refractivity contribution in [1.29, 1.82) is 0 Å². The van der Waals surface area contributed by atoms with E-state index in [1.807, 2.05) is 121 Å². The molecule has 0 unspecified atom stereocenters. The number of fused-ring (bicyclic) bond motifs is 10. The fraction of sp³-hybridized carbons (Fsp3) is 0.0588. The smallest absolute Gasteiger partial charge is 0.171 e. The summed E-state index contributed by atoms with van der Waals surface area (Å²) < 4.78 is 31.9. The molecule has 0 heterocycles. The third kappa shape index (κ3) is 4.82. The summed E-state index contributed by atoms with van der Waals surface area (Å²) in [4.78, 5) is 0. The van der Waals surface area contributed by atoms with Crippen LogP contribution in [-0.2, 0) is 14.5 Å². The van der Waals surface area contributed by atoms with Gasteiger partial charge in [0.2, 0.25) is 0 Å². The van der Waals surface area contributed by atoms with Gasteiger partial charge in [0, 0.05) is 31.8 Å². The molecule has 0 saturated heterocycles. The van der Waals surface area contributed by atoms with Crippen molar-refractivity contribution in [2.75, 3.05) is 0 Å². The third-order valence-corrected chi connectivity index (χ3v) is 17.9. The molecule has 8 aromatic carbocycles.